The molecule has 0 aliphatic rings. The number of ether oxygens (including phenoxy) is 2. The molecular weight excluding hydrogens is 300 g/mol. The summed E-state index contributed by atoms with van der Waals surface area (Å²) in [5.41, 5.74) is 2.73. The Morgan fingerprint density at radius 2 is 1.42 bits per heavy atom. The first-order valence-electron chi connectivity index (χ1n) is 7.52. The lowest BCUT2D eigenvalue weighted by molar-refractivity contribution is -0.110. The van der Waals surface area contributed by atoms with Gasteiger partial charge in [-0.15, -0.1) is 0 Å². The highest BCUT2D eigenvalue weighted by Gasteiger charge is 2.13. The quantitative estimate of drug-likeness (QED) is 0.558. The largest absolute Gasteiger partial charge is 0.496 e. The van der Waals surface area contributed by atoms with Crippen LogP contribution >= 0.6 is 0 Å². The molecule has 0 aliphatic carbocycles. The molecule has 3 heteroatoms. The highest BCUT2D eigenvalue weighted by atomic mass is 16.5. The minimum Gasteiger partial charge on any atom is -0.496 e. The average molecular weight is 320 g/mol. The molecule has 122 valence electrons. The fourth-order valence-corrected chi connectivity index (χ4v) is 2.37. The standard InChI is InChI=1S/C21H20O3/c1-4-16(22)10-9-13-17(18-11-5-7-14-20(18)23-2)19-12-6-8-15-21(19)24-3/h4-15H,1H2,2-3H3. The fraction of sp³-hybridized carbons (Fsp3) is 0.0952. The normalized spacial score (nSPS) is 10.2. The van der Waals surface area contributed by atoms with Gasteiger partial charge in [-0.25, -0.2) is 0 Å². The molecule has 0 saturated heterocycles. The summed E-state index contributed by atoms with van der Waals surface area (Å²) >= 11 is 0. The van der Waals surface area contributed by atoms with Crippen molar-refractivity contribution in [1.82, 2.24) is 0 Å². The second-order valence-corrected chi connectivity index (χ2v) is 4.95. The maximum absolute atomic E-state index is 11.4. The molecule has 0 aromatic heterocycles. The van der Waals surface area contributed by atoms with Gasteiger partial charge in [0.05, 0.1) is 14.2 Å². The Balaban J connectivity index is 2.61. The number of methoxy groups -OCH3 is 2. The van der Waals surface area contributed by atoms with Gasteiger partial charge in [-0.1, -0.05) is 55.1 Å². The van der Waals surface area contributed by atoms with E-state index in [4.69, 9.17) is 9.47 Å². The predicted molar refractivity (Wildman–Crippen MR) is 97.4 cm³/mol. The zero-order valence-corrected chi connectivity index (χ0v) is 13.9. The summed E-state index contributed by atoms with van der Waals surface area (Å²) in [4.78, 5) is 11.4. The summed E-state index contributed by atoms with van der Waals surface area (Å²) in [6.45, 7) is 3.47. The Bertz CT molecular complexity index is 736. The molecule has 2 aromatic rings. The van der Waals surface area contributed by atoms with Crippen molar-refractivity contribution in [2.75, 3.05) is 14.2 Å². The van der Waals surface area contributed by atoms with E-state index in [-0.39, 0.29) is 5.78 Å². The van der Waals surface area contributed by atoms with Crippen LogP contribution in [0.5, 0.6) is 11.5 Å². The number of hydrogen-bond donors (Lipinski definition) is 0. The van der Waals surface area contributed by atoms with Crippen LogP contribution in [0, 0.1) is 0 Å². The summed E-state index contributed by atoms with van der Waals surface area (Å²) in [6.07, 6.45) is 6.32. The minimum atomic E-state index is -0.148. The third kappa shape index (κ3) is 4.02. The van der Waals surface area contributed by atoms with E-state index in [1.54, 1.807) is 20.3 Å². The Morgan fingerprint density at radius 3 is 1.88 bits per heavy atom. The summed E-state index contributed by atoms with van der Waals surface area (Å²) < 4.78 is 11.0. The molecule has 0 atom stereocenters. The van der Waals surface area contributed by atoms with Crippen LogP contribution in [0.3, 0.4) is 0 Å². The van der Waals surface area contributed by atoms with Gasteiger partial charge < -0.3 is 9.47 Å². The molecule has 2 rings (SSSR count). The Morgan fingerprint density at radius 1 is 0.917 bits per heavy atom. The summed E-state index contributed by atoms with van der Waals surface area (Å²) in [6, 6.07) is 15.5. The van der Waals surface area contributed by atoms with Gasteiger partial charge in [-0.3, -0.25) is 4.79 Å². The molecule has 0 aliphatic heterocycles. The van der Waals surface area contributed by atoms with Crippen LogP contribution in [0.15, 0.2) is 79.4 Å². The van der Waals surface area contributed by atoms with Crippen LogP contribution in [0.25, 0.3) is 5.57 Å². The Hall–Kier alpha value is -3.07. The molecule has 0 heterocycles. The van der Waals surface area contributed by atoms with E-state index in [1.807, 2.05) is 54.6 Å². The van der Waals surface area contributed by atoms with Gasteiger partial charge in [0, 0.05) is 11.1 Å². The highest BCUT2D eigenvalue weighted by molar-refractivity contribution is 5.99. The molecule has 0 N–H and O–H groups in total. The van der Waals surface area contributed by atoms with Crippen molar-refractivity contribution in [3.63, 3.8) is 0 Å². The van der Waals surface area contributed by atoms with Crippen molar-refractivity contribution >= 4 is 11.4 Å². The maximum Gasteiger partial charge on any atom is 0.178 e. The molecular formula is C21H20O3. The monoisotopic (exact) mass is 320 g/mol. The molecule has 3 nitrogen and oxygen atoms in total. The fourth-order valence-electron chi connectivity index (χ4n) is 2.37. The lowest BCUT2D eigenvalue weighted by Crippen LogP contribution is -1.96. The van der Waals surface area contributed by atoms with Gasteiger partial charge in [0.15, 0.2) is 5.78 Å². The molecule has 0 saturated carbocycles. The van der Waals surface area contributed by atoms with Gasteiger partial charge in [0.2, 0.25) is 0 Å². The van der Waals surface area contributed by atoms with Crippen LogP contribution < -0.4 is 9.47 Å². The minimum absolute atomic E-state index is 0.148. The van der Waals surface area contributed by atoms with Crippen molar-refractivity contribution in [2.24, 2.45) is 0 Å². The van der Waals surface area contributed by atoms with Gasteiger partial charge in [-0.2, -0.15) is 0 Å². The van der Waals surface area contributed by atoms with Crippen molar-refractivity contribution in [1.29, 1.82) is 0 Å². The van der Waals surface area contributed by atoms with E-state index in [0.717, 1.165) is 28.2 Å². The third-order valence-electron chi connectivity index (χ3n) is 3.52. The van der Waals surface area contributed by atoms with Crippen LogP contribution in [-0.2, 0) is 4.79 Å². The number of carbonyl (C=O) groups is 1. The summed E-state index contributed by atoms with van der Waals surface area (Å²) in [5.74, 6) is 1.35. The Kier molecular flexibility index (Phi) is 6.15. The van der Waals surface area contributed by atoms with Crippen LogP contribution in [0.4, 0.5) is 0 Å². The smallest absolute Gasteiger partial charge is 0.178 e. The number of benzene rings is 2. The van der Waals surface area contributed by atoms with Crippen LogP contribution in [0.2, 0.25) is 0 Å². The number of hydrogen-bond acceptors (Lipinski definition) is 3. The molecule has 0 fully saturated rings. The predicted octanol–water partition coefficient (Wildman–Crippen LogP) is 4.45. The van der Waals surface area contributed by atoms with Crippen LogP contribution in [0.1, 0.15) is 11.1 Å². The SMILES string of the molecule is C=CC(=O)C=CC=C(c1ccccc1OC)c1ccccc1OC. The van der Waals surface area contributed by atoms with Crippen LogP contribution in [-0.4, -0.2) is 20.0 Å². The molecule has 2 aromatic carbocycles. The first-order chi connectivity index (χ1) is 11.7. The van der Waals surface area contributed by atoms with E-state index >= 15 is 0 Å². The Labute approximate surface area is 142 Å². The zero-order chi connectivity index (χ0) is 17.4. The lowest BCUT2D eigenvalue weighted by atomic mass is 9.95. The van der Waals surface area contributed by atoms with Gasteiger partial charge >= 0.3 is 0 Å². The topological polar surface area (TPSA) is 35.5 Å². The second-order valence-electron chi connectivity index (χ2n) is 4.95. The molecule has 0 bridgehead atoms. The van der Waals surface area contributed by atoms with E-state index in [9.17, 15) is 4.79 Å². The summed E-state index contributed by atoms with van der Waals surface area (Å²) in [5, 5.41) is 0. The molecule has 0 spiro atoms. The van der Waals surface area contributed by atoms with Crippen molar-refractivity contribution in [3.8, 4) is 11.5 Å². The summed E-state index contributed by atoms with van der Waals surface area (Å²) in [7, 11) is 3.27. The van der Waals surface area contributed by atoms with Crippen molar-refractivity contribution < 1.29 is 14.3 Å². The maximum atomic E-state index is 11.4. The van der Waals surface area contributed by atoms with E-state index in [2.05, 4.69) is 6.58 Å². The molecule has 0 amide bonds. The van der Waals surface area contributed by atoms with E-state index in [1.165, 1.54) is 12.2 Å². The second kappa shape index (κ2) is 8.53. The number of ketones is 1. The first kappa shape index (κ1) is 17.3. The average Bonchev–Trinajstić information content (AvgIpc) is 2.65. The van der Waals surface area contributed by atoms with E-state index in [0.29, 0.717) is 0 Å². The number of allylic oxidation sites excluding steroid dienone is 4. The first-order valence-corrected chi connectivity index (χ1v) is 7.52. The molecule has 0 radical (unpaired) electrons. The molecule has 24 heavy (non-hydrogen) atoms. The van der Waals surface area contributed by atoms with Gasteiger partial charge in [0.25, 0.3) is 0 Å². The number of rotatable bonds is 7. The number of para-hydroxylation sites is 2. The van der Waals surface area contributed by atoms with Crippen molar-refractivity contribution in [3.05, 3.63) is 90.5 Å². The molecule has 0 unspecified atom stereocenters. The third-order valence-corrected chi connectivity index (χ3v) is 3.52. The number of carbonyl (C=O) groups excluding carboxylic acids is 1. The van der Waals surface area contributed by atoms with Gasteiger partial charge in [-0.05, 0) is 29.9 Å². The van der Waals surface area contributed by atoms with E-state index < -0.39 is 0 Å². The van der Waals surface area contributed by atoms with Crippen molar-refractivity contribution in [2.45, 2.75) is 0 Å². The van der Waals surface area contributed by atoms with Gasteiger partial charge in [0.1, 0.15) is 11.5 Å². The highest BCUT2D eigenvalue weighted by Crippen LogP contribution is 2.35. The lowest BCUT2D eigenvalue weighted by Gasteiger charge is -2.15. The zero-order valence-electron chi connectivity index (χ0n) is 13.9.